The Balaban J connectivity index is 0.00000180. The highest BCUT2D eigenvalue weighted by atomic mass is 35.5. The number of amides is 1. The van der Waals surface area contributed by atoms with E-state index in [4.69, 9.17) is 0 Å². The highest BCUT2D eigenvalue weighted by molar-refractivity contribution is 5.85. The Morgan fingerprint density at radius 2 is 2.21 bits per heavy atom. The van der Waals surface area contributed by atoms with Crippen molar-refractivity contribution in [2.24, 2.45) is 0 Å². The molecule has 1 amide bonds. The molecule has 19 heavy (non-hydrogen) atoms. The van der Waals surface area contributed by atoms with Crippen LogP contribution in [0.5, 0.6) is 0 Å². The number of benzene rings is 1. The Labute approximate surface area is 118 Å². The van der Waals surface area contributed by atoms with Gasteiger partial charge in [-0.1, -0.05) is 18.2 Å². The zero-order chi connectivity index (χ0) is 13.2. The number of carbonyl (C=O) groups is 1. The van der Waals surface area contributed by atoms with E-state index in [-0.39, 0.29) is 18.2 Å². The van der Waals surface area contributed by atoms with Crippen LogP contribution in [0.3, 0.4) is 0 Å². The highest BCUT2D eigenvalue weighted by Gasteiger charge is 2.38. The van der Waals surface area contributed by atoms with Crippen LogP contribution in [0.2, 0.25) is 0 Å². The molecule has 0 unspecified atom stereocenters. The minimum absolute atomic E-state index is 0. The van der Waals surface area contributed by atoms with E-state index in [2.05, 4.69) is 5.32 Å². The maximum absolute atomic E-state index is 13.7. The summed E-state index contributed by atoms with van der Waals surface area (Å²) in [6.45, 7) is 3.45. The van der Waals surface area contributed by atoms with Gasteiger partial charge in [0.2, 0.25) is 0 Å². The standard InChI is InChI=1S/C13H17FN2O2.ClH/c1-13(8-10-4-2-3-5-11(10)14)9-15-6-7-16(13)12(17)18;/h2-5,15H,6-9H2,1H3,(H,17,18);1H/t13-;/m1./s1. The molecule has 2 N–H and O–H groups in total. The summed E-state index contributed by atoms with van der Waals surface area (Å²) < 4.78 is 13.7. The molecule has 1 saturated heterocycles. The molecule has 0 aliphatic carbocycles. The van der Waals surface area contributed by atoms with Crippen LogP contribution in [0, 0.1) is 5.82 Å². The first-order valence-corrected chi connectivity index (χ1v) is 5.98. The zero-order valence-corrected chi connectivity index (χ0v) is 11.5. The van der Waals surface area contributed by atoms with Crippen LogP contribution in [-0.2, 0) is 6.42 Å². The number of rotatable bonds is 2. The van der Waals surface area contributed by atoms with Crippen LogP contribution in [0.15, 0.2) is 24.3 Å². The fourth-order valence-corrected chi connectivity index (χ4v) is 2.45. The second-order valence-electron chi connectivity index (χ2n) is 4.88. The van der Waals surface area contributed by atoms with E-state index >= 15 is 0 Å². The molecule has 6 heteroatoms. The molecule has 1 aliphatic heterocycles. The van der Waals surface area contributed by atoms with Crippen molar-refractivity contribution in [2.75, 3.05) is 19.6 Å². The Hall–Kier alpha value is -1.33. The molecule has 1 aliphatic rings. The molecule has 106 valence electrons. The quantitative estimate of drug-likeness (QED) is 0.876. The third-order valence-electron chi connectivity index (χ3n) is 3.43. The predicted octanol–water partition coefficient (Wildman–Crippen LogP) is 2.13. The van der Waals surface area contributed by atoms with Gasteiger partial charge >= 0.3 is 6.09 Å². The van der Waals surface area contributed by atoms with Gasteiger partial charge in [0.15, 0.2) is 0 Å². The lowest BCUT2D eigenvalue weighted by molar-refractivity contribution is 0.0663. The van der Waals surface area contributed by atoms with E-state index < -0.39 is 11.6 Å². The third kappa shape index (κ3) is 3.36. The molecule has 0 saturated carbocycles. The fraction of sp³-hybridized carbons (Fsp3) is 0.462. The number of carboxylic acid groups (broad SMARTS) is 1. The molecule has 0 aromatic heterocycles. The number of piperazine rings is 1. The van der Waals surface area contributed by atoms with E-state index in [1.54, 1.807) is 18.2 Å². The van der Waals surface area contributed by atoms with Crippen molar-refractivity contribution >= 4 is 18.5 Å². The van der Waals surface area contributed by atoms with E-state index in [9.17, 15) is 14.3 Å². The van der Waals surface area contributed by atoms with Crippen molar-refractivity contribution in [3.63, 3.8) is 0 Å². The smallest absolute Gasteiger partial charge is 0.407 e. The zero-order valence-electron chi connectivity index (χ0n) is 10.7. The van der Waals surface area contributed by atoms with E-state index in [0.29, 0.717) is 31.6 Å². The van der Waals surface area contributed by atoms with Crippen molar-refractivity contribution in [1.82, 2.24) is 10.2 Å². The minimum atomic E-state index is -0.949. The topological polar surface area (TPSA) is 52.6 Å². The van der Waals surface area contributed by atoms with Gasteiger partial charge < -0.3 is 15.3 Å². The largest absolute Gasteiger partial charge is 0.465 e. The van der Waals surface area contributed by atoms with Gasteiger partial charge in [0, 0.05) is 19.6 Å². The summed E-state index contributed by atoms with van der Waals surface area (Å²) in [7, 11) is 0. The van der Waals surface area contributed by atoms with Gasteiger partial charge in [-0.25, -0.2) is 9.18 Å². The van der Waals surface area contributed by atoms with Crippen LogP contribution < -0.4 is 5.32 Å². The summed E-state index contributed by atoms with van der Waals surface area (Å²) in [6.07, 6.45) is -0.575. The molecular weight excluding hydrogens is 271 g/mol. The second kappa shape index (κ2) is 6.21. The Kier molecular flexibility index (Phi) is 5.14. The summed E-state index contributed by atoms with van der Waals surface area (Å²) in [5.74, 6) is -0.283. The molecule has 0 radical (unpaired) electrons. The van der Waals surface area contributed by atoms with E-state index in [0.717, 1.165) is 0 Å². The van der Waals surface area contributed by atoms with Crippen molar-refractivity contribution < 1.29 is 14.3 Å². The third-order valence-corrected chi connectivity index (χ3v) is 3.43. The Bertz CT molecular complexity index is 458. The van der Waals surface area contributed by atoms with Crippen LogP contribution in [0.25, 0.3) is 0 Å². The Morgan fingerprint density at radius 1 is 1.53 bits per heavy atom. The van der Waals surface area contributed by atoms with Gasteiger partial charge in [-0.05, 0) is 25.0 Å². The number of halogens is 2. The van der Waals surface area contributed by atoms with Crippen molar-refractivity contribution in [3.05, 3.63) is 35.6 Å². The molecule has 1 aromatic rings. The lowest BCUT2D eigenvalue weighted by atomic mass is 9.89. The summed E-state index contributed by atoms with van der Waals surface area (Å²) in [4.78, 5) is 12.6. The lowest BCUT2D eigenvalue weighted by Gasteiger charge is -2.43. The molecule has 2 rings (SSSR count). The van der Waals surface area contributed by atoms with Crippen LogP contribution in [-0.4, -0.2) is 41.3 Å². The summed E-state index contributed by atoms with van der Waals surface area (Å²) in [5.41, 5.74) is -0.0540. The van der Waals surface area contributed by atoms with Crippen LogP contribution in [0.1, 0.15) is 12.5 Å². The number of nitrogens with one attached hydrogen (secondary N) is 1. The monoisotopic (exact) mass is 288 g/mol. The molecule has 0 bridgehead atoms. The maximum atomic E-state index is 13.7. The molecule has 1 aromatic carbocycles. The van der Waals surface area contributed by atoms with E-state index in [1.807, 2.05) is 6.92 Å². The van der Waals surface area contributed by atoms with Crippen molar-refractivity contribution in [1.29, 1.82) is 0 Å². The summed E-state index contributed by atoms with van der Waals surface area (Å²) >= 11 is 0. The van der Waals surface area contributed by atoms with Gasteiger partial charge in [-0.3, -0.25) is 0 Å². The first kappa shape index (κ1) is 15.7. The lowest BCUT2D eigenvalue weighted by Crippen LogP contribution is -2.62. The fourth-order valence-electron chi connectivity index (χ4n) is 2.45. The summed E-state index contributed by atoms with van der Waals surface area (Å²) in [6, 6.07) is 6.51. The number of nitrogens with zero attached hydrogens (tertiary/aromatic N) is 1. The summed E-state index contributed by atoms with van der Waals surface area (Å²) in [5, 5.41) is 12.4. The number of hydrogen-bond donors (Lipinski definition) is 2. The van der Waals surface area contributed by atoms with Crippen molar-refractivity contribution in [3.8, 4) is 0 Å². The maximum Gasteiger partial charge on any atom is 0.407 e. The first-order chi connectivity index (χ1) is 8.53. The molecule has 1 heterocycles. The highest BCUT2D eigenvalue weighted by Crippen LogP contribution is 2.24. The molecular formula is C13H18ClFN2O2. The van der Waals surface area contributed by atoms with Gasteiger partial charge in [0.25, 0.3) is 0 Å². The minimum Gasteiger partial charge on any atom is -0.465 e. The SMILES string of the molecule is C[C@@]1(Cc2ccccc2F)CNCCN1C(=O)O.Cl. The molecule has 4 nitrogen and oxygen atoms in total. The molecule has 0 spiro atoms. The predicted molar refractivity (Wildman–Crippen MR) is 73.4 cm³/mol. The van der Waals surface area contributed by atoms with Gasteiger partial charge in [0.1, 0.15) is 5.82 Å². The van der Waals surface area contributed by atoms with Crippen LogP contribution >= 0.6 is 12.4 Å². The average molecular weight is 289 g/mol. The van der Waals surface area contributed by atoms with Gasteiger partial charge in [-0.2, -0.15) is 0 Å². The molecule has 1 fully saturated rings. The average Bonchev–Trinajstić information content (AvgIpc) is 2.32. The van der Waals surface area contributed by atoms with E-state index in [1.165, 1.54) is 11.0 Å². The molecule has 1 atom stereocenters. The second-order valence-corrected chi connectivity index (χ2v) is 4.88. The van der Waals surface area contributed by atoms with Crippen LogP contribution in [0.4, 0.5) is 9.18 Å². The van der Waals surface area contributed by atoms with Crippen molar-refractivity contribution in [2.45, 2.75) is 18.9 Å². The number of hydrogen-bond acceptors (Lipinski definition) is 2. The van der Waals surface area contributed by atoms with Gasteiger partial charge in [0.05, 0.1) is 5.54 Å². The van der Waals surface area contributed by atoms with Gasteiger partial charge in [-0.15, -0.1) is 12.4 Å². The normalized spacial score (nSPS) is 22.7. The first-order valence-electron chi connectivity index (χ1n) is 5.98. The Morgan fingerprint density at radius 3 is 2.84 bits per heavy atom.